The molecular formula is C15H26N2O3. The van der Waals surface area contributed by atoms with Crippen molar-refractivity contribution in [1.82, 2.24) is 10.3 Å². The number of hydrogen-bond acceptors (Lipinski definition) is 5. The van der Waals surface area contributed by atoms with Gasteiger partial charge in [-0.1, -0.05) is 0 Å². The lowest BCUT2D eigenvalue weighted by Gasteiger charge is -2.21. The van der Waals surface area contributed by atoms with Gasteiger partial charge in [0.2, 0.25) is 0 Å². The average Bonchev–Trinajstić information content (AvgIpc) is 2.91. The lowest BCUT2D eigenvalue weighted by molar-refractivity contribution is 0.0138. The van der Waals surface area contributed by atoms with Crippen molar-refractivity contribution >= 4 is 0 Å². The van der Waals surface area contributed by atoms with Crippen molar-refractivity contribution in [1.29, 1.82) is 0 Å². The number of ether oxygens (including phenoxy) is 2. The fraction of sp³-hybridized carbons (Fsp3) is 0.800. The van der Waals surface area contributed by atoms with Crippen molar-refractivity contribution in [3.63, 3.8) is 0 Å². The third-order valence-electron chi connectivity index (χ3n) is 3.53. The number of nitrogens with zero attached hydrogens (tertiary/aromatic N) is 1. The third-order valence-corrected chi connectivity index (χ3v) is 3.53. The molecule has 0 bridgehead atoms. The second-order valence-electron chi connectivity index (χ2n) is 5.26. The molecule has 1 fully saturated rings. The summed E-state index contributed by atoms with van der Waals surface area (Å²) in [4.78, 5) is 4.34. The molecule has 0 spiro atoms. The van der Waals surface area contributed by atoms with Crippen LogP contribution in [0, 0.1) is 0 Å². The maximum atomic E-state index is 5.77. The normalized spacial score (nSPS) is 19.4. The Bertz CT molecular complexity index is 362. The van der Waals surface area contributed by atoms with Crippen LogP contribution in [0.1, 0.15) is 37.3 Å². The molecule has 1 aromatic rings. The van der Waals surface area contributed by atoms with Crippen LogP contribution in [0.5, 0.6) is 0 Å². The number of hydrogen-bond donors (Lipinski definition) is 1. The van der Waals surface area contributed by atoms with Crippen molar-refractivity contribution in [2.24, 2.45) is 0 Å². The molecule has 0 amide bonds. The monoisotopic (exact) mass is 282 g/mol. The minimum atomic E-state index is 0.320. The largest absolute Gasteiger partial charge is 0.446 e. The van der Waals surface area contributed by atoms with Gasteiger partial charge in [0.25, 0.3) is 0 Å². The Kier molecular flexibility index (Phi) is 7.05. The van der Waals surface area contributed by atoms with Crippen LogP contribution in [0.15, 0.2) is 10.6 Å². The molecule has 1 aliphatic rings. The van der Waals surface area contributed by atoms with Gasteiger partial charge in [0.15, 0.2) is 5.89 Å². The molecule has 5 heteroatoms. The highest BCUT2D eigenvalue weighted by atomic mass is 16.5. The first-order chi connectivity index (χ1) is 9.88. The summed E-state index contributed by atoms with van der Waals surface area (Å²) >= 11 is 0. The maximum Gasteiger partial charge on any atom is 0.194 e. The first kappa shape index (κ1) is 15.5. The first-order valence-corrected chi connectivity index (χ1v) is 7.63. The van der Waals surface area contributed by atoms with Gasteiger partial charge >= 0.3 is 0 Å². The zero-order chi connectivity index (χ0) is 14.0. The van der Waals surface area contributed by atoms with Gasteiger partial charge in [0.05, 0.1) is 18.9 Å². The summed E-state index contributed by atoms with van der Waals surface area (Å²) in [6.07, 6.45) is 8.53. The molecule has 1 atom stereocenters. The Balaban J connectivity index is 1.61. The second-order valence-corrected chi connectivity index (χ2v) is 5.26. The Morgan fingerprint density at radius 2 is 2.35 bits per heavy atom. The molecule has 0 aromatic carbocycles. The van der Waals surface area contributed by atoms with Gasteiger partial charge in [0.1, 0.15) is 5.76 Å². The van der Waals surface area contributed by atoms with Gasteiger partial charge in [-0.05, 0) is 32.2 Å². The molecule has 1 unspecified atom stereocenters. The van der Waals surface area contributed by atoms with Gasteiger partial charge in [-0.2, -0.15) is 0 Å². The Hall–Kier alpha value is -0.910. The second kappa shape index (κ2) is 9.10. The van der Waals surface area contributed by atoms with Crippen LogP contribution in [0.4, 0.5) is 0 Å². The number of nitrogens with one attached hydrogen (secondary N) is 1. The summed E-state index contributed by atoms with van der Waals surface area (Å²) in [5.41, 5.74) is 0. The standard InChI is InChI=1S/C15H26N2O3/c1-18-10-8-16-7-4-6-15-17-12-14(20-15)11-13-5-2-3-9-19-13/h12-13,16H,2-11H2,1H3. The fourth-order valence-electron chi connectivity index (χ4n) is 2.41. The quantitative estimate of drug-likeness (QED) is 0.702. The summed E-state index contributed by atoms with van der Waals surface area (Å²) < 4.78 is 16.5. The minimum absolute atomic E-state index is 0.320. The number of rotatable bonds is 9. The van der Waals surface area contributed by atoms with Gasteiger partial charge < -0.3 is 19.2 Å². The molecule has 1 aromatic heterocycles. The minimum Gasteiger partial charge on any atom is -0.446 e. The van der Waals surface area contributed by atoms with Crippen LogP contribution >= 0.6 is 0 Å². The summed E-state index contributed by atoms with van der Waals surface area (Å²) in [5, 5.41) is 3.31. The van der Waals surface area contributed by atoms with E-state index in [-0.39, 0.29) is 0 Å². The van der Waals surface area contributed by atoms with Gasteiger partial charge in [-0.25, -0.2) is 4.98 Å². The molecule has 0 radical (unpaired) electrons. The Morgan fingerprint density at radius 3 is 3.15 bits per heavy atom. The van der Waals surface area contributed by atoms with E-state index in [1.54, 1.807) is 7.11 Å². The van der Waals surface area contributed by atoms with Crippen molar-refractivity contribution in [3.8, 4) is 0 Å². The molecule has 0 aliphatic carbocycles. The topological polar surface area (TPSA) is 56.5 Å². The Morgan fingerprint density at radius 1 is 1.40 bits per heavy atom. The molecule has 1 N–H and O–H groups in total. The number of methoxy groups -OCH3 is 1. The molecule has 1 saturated heterocycles. The number of aromatic nitrogens is 1. The highest BCUT2D eigenvalue weighted by Crippen LogP contribution is 2.18. The van der Waals surface area contributed by atoms with Crippen molar-refractivity contribution < 1.29 is 13.9 Å². The van der Waals surface area contributed by atoms with Crippen LogP contribution in [0.2, 0.25) is 0 Å². The fourth-order valence-corrected chi connectivity index (χ4v) is 2.41. The summed E-state index contributed by atoms with van der Waals surface area (Å²) in [6.45, 7) is 3.50. The van der Waals surface area contributed by atoms with Crippen LogP contribution in [-0.2, 0) is 22.3 Å². The zero-order valence-electron chi connectivity index (χ0n) is 12.4. The zero-order valence-corrected chi connectivity index (χ0v) is 12.4. The van der Waals surface area contributed by atoms with E-state index in [0.717, 1.165) is 63.6 Å². The Labute approximate surface area is 121 Å². The van der Waals surface area contributed by atoms with E-state index >= 15 is 0 Å². The molecular weight excluding hydrogens is 256 g/mol. The van der Waals surface area contributed by atoms with Gasteiger partial charge in [-0.15, -0.1) is 0 Å². The van der Waals surface area contributed by atoms with Crippen LogP contribution < -0.4 is 5.32 Å². The number of aryl methyl sites for hydroxylation is 1. The summed E-state index contributed by atoms with van der Waals surface area (Å²) in [6, 6.07) is 0. The van der Waals surface area contributed by atoms with Crippen LogP contribution in [0.3, 0.4) is 0 Å². The lowest BCUT2D eigenvalue weighted by Crippen LogP contribution is -2.21. The van der Waals surface area contributed by atoms with E-state index in [0.29, 0.717) is 6.10 Å². The van der Waals surface area contributed by atoms with E-state index in [4.69, 9.17) is 13.9 Å². The summed E-state index contributed by atoms with van der Waals surface area (Å²) in [7, 11) is 1.71. The highest BCUT2D eigenvalue weighted by molar-refractivity contribution is 4.96. The van der Waals surface area contributed by atoms with E-state index in [9.17, 15) is 0 Å². The molecule has 2 rings (SSSR count). The molecule has 20 heavy (non-hydrogen) atoms. The van der Waals surface area contributed by atoms with Crippen molar-refractivity contribution in [2.75, 3.05) is 33.4 Å². The lowest BCUT2D eigenvalue weighted by atomic mass is 10.1. The average molecular weight is 282 g/mol. The molecule has 0 saturated carbocycles. The smallest absolute Gasteiger partial charge is 0.194 e. The predicted molar refractivity (Wildman–Crippen MR) is 76.9 cm³/mol. The summed E-state index contributed by atoms with van der Waals surface area (Å²) in [5.74, 6) is 1.79. The highest BCUT2D eigenvalue weighted by Gasteiger charge is 2.16. The predicted octanol–water partition coefficient (Wildman–Crippen LogP) is 1.95. The molecule has 1 aliphatic heterocycles. The van der Waals surface area contributed by atoms with Crippen molar-refractivity contribution in [2.45, 2.75) is 44.6 Å². The SMILES string of the molecule is COCCNCCCc1ncc(CC2CCCCO2)o1. The van der Waals surface area contributed by atoms with Crippen LogP contribution in [0.25, 0.3) is 0 Å². The third kappa shape index (κ3) is 5.61. The number of oxazole rings is 1. The van der Waals surface area contributed by atoms with E-state index in [1.165, 1.54) is 12.8 Å². The molecule has 2 heterocycles. The van der Waals surface area contributed by atoms with Crippen molar-refractivity contribution in [3.05, 3.63) is 17.8 Å². The maximum absolute atomic E-state index is 5.77. The first-order valence-electron chi connectivity index (χ1n) is 7.63. The van der Waals surface area contributed by atoms with E-state index in [1.807, 2.05) is 6.20 Å². The van der Waals surface area contributed by atoms with E-state index < -0.39 is 0 Å². The van der Waals surface area contributed by atoms with Gasteiger partial charge in [0, 0.05) is 33.1 Å². The van der Waals surface area contributed by atoms with E-state index in [2.05, 4.69) is 10.3 Å². The van der Waals surface area contributed by atoms with Gasteiger partial charge in [-0.3, -0.25) is 0 Å². The molecule has 5 nitrogen and oxygen atoms in total. The molecule has 114 valence electrons. The van der Waals surface area contributed by atoms with Crippen LogP contribution in [-0.4, -0.2) is 44.5 Å².